The van der Waals surface area contributed by atoms with Gasteiger partial charge in [0.1, 0.15) is 0 Å². The maximum atomic E-state index is 11.2. The number of hydrazine groups is 1. The van der Waals surface area contributed by atoms with Crippen LogP contribution >= 0.6 is 0 Å². The summed E-state index contributed by atoms with van der Waals surface area (Å²) < 4.78 is 0. The molecule has 0 spiro atoms. The van der Waals surface area contributed by atoms with E-state index < -0.39 is 6.23 Å². The number of aliphatic hydroxyl groups excluding tert-OH is 1. The van der Waals surface area contributed by atoms with Crippen LogP contribution < -0.4 is 10.9 Å². The van der Waals surface area contributed by atoms with E-state index in [1.807, 2.05) is 42.5 Å². The van der Waals surface area contributed by atoms with Gasteiger partial charge in [-0.25, -0.2) is 10.9 Å². The van der Waals surface area contributed by atoms with Gasteiger partial charge in [-0.05, 0) is 5.56 Å². The maximum absolute atomic E-state index is 11.2. The summed E-state index contributed by atoms with van der Waals surface area (Å²) in [5, 5.41) is 9.13. The Morgan fingerprint density at radius 3 is 2.69 bits per heavy atom. The van der Waals surface area contributed by atoms with Gasteiger partial charge in [0.25, 0.3) is 0 Å². The topological polar surface area (TPSA) is 61.4 Å². The Hall–Kier alpha value is -1.49. The number of Topliss-reactive ketones (excluding diaryl/α,β-unsaturated/α-hetero) is 1. The maximum Gasteiger partial charge on any atom is 0.179 e. The van der Waals surface area contributed by atoms with E-state index in [1.165, 1.54) is 0 Å². The zero-order chi connectivity index (χ0) is 11.4. The van der Waals surface area contributed by atoms with E-state index in [-0.39, 0.29) is 11.8 Å². The minimum absolute atomic E-state index is 0.0730. The molecule has 0 aliphatic carbocycles. The van der Waals surface area contributed by atoms with Gasteiger partial charge in [0.2, 0.25) is 0 Å². The third kappa shape index (κ3) is 2.76. The van der Waals surface area contributed by atoms with Crippen LogP contribution in [-0.2, 0) is 4.79 Å². The van der Waals surface area contributed by atoms with Crippen molar-refractivity contribution in [3.8, 4) is 0 Å². The van der Waals surface area contributed by atoms with Gasteiger partial charge in [0.15, 0.2) is 12.0 Å². The molecule has 2 atom stereocenters. The number of ketones is 1. The van der Waals surface area contributed by atoms with Gasteiger partial charge in [0, 0.05) is 12.5 Å². The molecule has 1 fully saturated rings. The van der Waals surface area contributed by atoms with Gasteiger partial charge < -0.3 is 5.11 Å². The van der Waals surface area contributed by atoms with Crippen LogP contribution in [0.1, 0.15) is 12.0 Å². The van der Waals surface area contributed by atoms with Gasteiger partial charge in [-0.15, -0.1) is 0 Å². The highest BCUT2D eigenvalue weighted by atomic mass is 16.3. The first kappa shape index (κ1) is 11.0. The Bertz CT molecular complexity index is 389. The molecule has 2 unspecified atom stereocenters. The molecule has 1 aliphatic heterocycles. The molecule has 1 heterocycles. The number of carbonyl (C=O) groups excluding carboxylic acids is 1. The van der Waals surface area contributed by atoms with Crippen LogP contribution in [0.3, 0.4) is 0 Å². The summed E-state index contributed by atoms with van der Waals surface area (Å²) in [6, 6.07) is 9.78. The van der Waals surface area contributed by atoms with Crippen molar-refractivity contribution in [3.05, 3.63) is 42.0 Å². The van der Waals surface area contributed by atoms with Crippen LogP contribution in [0.5, 0.6) is 0 Å². The second-order valence-corrected chi connectivity index (χ2v) is 3.74. The van der Waals surface area contributed by atoms with Gasteiger partial charge in [-0.1, -0.05) is 42.5 Å². The SMILES string of the molecule is O=C1CC(/C=C/c2ccccc2)NNC1O. The fraction of sp³-hybridized carbons (Fsp3) is 0.250. The lowest BCUT2D eigenvalue weighted by molar-refractivity contribution is -0.132. The molecule has 1 aromatic carbocycles. The fourth-order valence-corrected chi connectivity index (χ4v) is 1.55. The van der Waals surface area contributed by atoms with E-state index in [9.17, 15) is 4.79 Å². The van der Waals surface area contributed by atoms with Crippen LogP contribution in [0.25, 0.3) is 6.08 Å². The van der Waals surface area contributed by atoms with E-state index >= 15 is 0 Å². The lowest BCUT2D eigenvalue weighted by Crippen LogP contribution is -2.55. The summed E-state index contributed by atoms with van der Waals surface area (Å²) in [5.74, 6) is -0.193. The van der Waals surface area contributed by atoms with Gasteiger partial charge in [-0.2, -0.15) is 0 Å². The number of benzene rings is 1. The first-order valence-corrected chi connectivity index (χ1v) is 5.21. The number of carbonyl (C=O) groups is 1. The molecule has 4 heteroatoms. The van der Waals surface area contributed by atoms with E-state index in [2.05, 4.69) is 10.9 Å². The summed E-state index contributed by atoms with van der Waals surface area (Å²) in [6.07, 6.45) is 3.08. The molecule has 0 amide bonds. The smallest absolute Gasteiger partial charge is 0.179 e. The number of rotatable bonds is 2. The average molecular weight is 218 g/mol. The van der Waals surface area contributed by atoms with Crippen LogP contribution in [0.15, 0.2) is 36.4 Å². The van der Waals surface area contributed by atoms with Crippen molar-refractivity contribution < 1.29 is 9.90 Å². The summed E-state index contributed by atoms with van der Waals surface area (Å²) in [6.45, 7) is 0. The molecule has 0 bridgehead atoms. The summed E-state index contributed by atoms with van der Waals surface area (Å²) in [7, 11) is 0. The monoisotopic (exact) mass is 218 g/mol. The predicted molar refractivity (Wildman–Crippen MR) is 61.2 cm³/mol. The number of nitrogens with one attached hydrogen (secondary N) is 2. The van der Waals surface area contributed by atoms with E-state index in [0.29, 0.717) is 6.42 Å². The molecule has 0 aromatic heterocycles. The third-order valence-corrected chi connectivity index (χ3v) is 2.45. The normalized spacial score (nSPS) is 26.2. The molecule has 1 aliphatic rings. The molecule has 4 nitrogen and oxygen atoms in total. The van der Waals surface area contributed by atoms with Crippen LogP contribution in [0.4, 0.5) is 0 Å². The van der Waals surface area contributed by atoms with Crippen LogP contribution in [0, 0.1) is 0 Å². The Labute approximate surface area is 94.0 Å². The van der Waals surface area contributed by atoms with E-state index in [1.54, 1.807) is 0 Å². The van der Waals surface area contributed by atoms with Gasteiger partial charge in [-0.3, -0.25) is 4.79 Å². The summed E-state index contributed by atoms with van der Waals surface area (Å²) in [4.78, 5) is 11.2. The zero-order valence-corrected chi connectivity index (χ0v) is 8.76. The molecule has 3 N–H and O–H groups in total. The van der Waals surface area contributed by atoms with Crippen molar-refractivity contribution in [2.45, 2.75) is 18.7 Å². The molecule has 1 saturated heterocycles. The van der Waals surface area contributed by atoms with Gasteiger partial charge in [0.05, 0.1) is 0 Å². The molecule has 2 rings (SSSR count). The highest BCUT2D eigenvalue weighted by Gasteiger charge is 2.23. The molecular weight excluding hydrogens is 204 g/mol. The quantitative estimate of drug-likeness (QED) is 0.674. The van der Waals surface area contributed by atoms with Crippen molar-refractivity contribution in [2.75, 3.05) is 0 Å². The number of aliphatic hydroxyl groups is 1. The molecule has 84 valence electrons. The summed E-state index contributed by atoms with van der Waals surface area (Å²) >= 11 is 0. The number of hydrogen-bond donors (Lipinski definition) is 3. The van der Waals surface area contributed by atoms with Crippen molar-refractivity contribution in [1.29, 1.82) is 0 Å². The standard InChI is InChI=1S/C12H14N2O2/c15-11-8-10(13-14-12(11)16)7-6-9-4-2-1-3-5-9/h1-7,10,12-14,16H,8H2/b7-6+. The Morgan fingerprint density at radius 2 is 2.00 bits per heavy atom. The average Bonchev–Trinajstić information content (AvgIpc) is 2.32. The minimum atomic E-state index is -1.08. The third-order valence-electron chi connectivity index (χ3n) is 2.45. The van der Waals surface area contributed by atoms with Crippen molar-refractivity contribution in [2.24, 2.45) is 0 Å². The predicted octanol–water partition coefficient (Wildman–Crippen LogP) is 0.454. The van der Waals surface area contributed by atoms with Crippen molar-refractivity contribution in [1.82, 2.24) is 10.9 Å². The molecule has 0 radical (unpaired) electrons. The Kier molecular flexibility index (Phi) is 3.46. The Morgan fingerprint density at radius 1 is 1.25 bits per heavy atom. The second-order valence-electron chi connectivity index (χ2n) is 3.74. The van der Waals surface area contributed by atoms with Gasteiger partial charge >= 0.3 is 0 Å². The first-order valence-electron chi connectivity index (χ1n) is 5.21. The molecule has 1 aromatic rings. The van der Waals surface area contributed by atoms with E-state index in [4.69, 9.17) is 5.11 Å². The minimum Gasteiger partial charge on any atom is -0.370 e. The lowest BCUT2D eigenvalue weighted by Gasteiger charge is -2.24. The molecule has 16 heavy (non-hydrogen) atoms. The molecular formula is C12H14N2O2. The summed E-state index contributed by atoms with van der Waals surface area (Å²) in [5.41, 5.74) is 6.47. The lowest BCUT2D eigenvalue weighted by atomic mass is 10.1. The highest BCUT2D eigenvalue weighted by molar-refractivity contribution is 5.84. The van der Waals surface area contributed by atoms with Crippen molar-refractivity contribution in [3.63, 3.8) is 0 Å². The van der Waals surface area contributed by atoms with Crippen molar-refractivity contribution >= 4 is 11.9 Å². The number of hydrogen-bond acceptors (Lipinski definition) is 4. The molecule has 0 saturated carbocycles. The largest absolute Gasteiger partial charge is 0.370 e. The van der Waals surface area contributed by atoms with Crippen LogP contribution in [0.2, 0.25) is 0 Å². The second kappa shape index (κ2) is 5.03. The fourth-order valence-electron chi connectivity index (χ4n) is 1.55. The zero-order valence-electron chi connectivity index (χ0n) is 8.76. The van der Waals surface area contributed by atoms with E-state index in [0.717, 1.165) is 5.56 Å². The van der Waals surface area contributed by atoms with Crippen LogP contribution in [-0.4, -0.2) is 23.2 Å². The highest BCUT2D eigenvalue weighted by Crippen LogP contribution is 2.06. The first-order chi connectivity index (χ1) is 7.75. The Balaban J connectivity index is 1.96.